The maximum atomic E-state index is 13.1. The molecule has 0 saturated heterocycles. The number of sulfone groups is 1. The van der Waals surface area contributed by atoms with Crippen LogP contribution in [0.2, 0.25) is 0 Å². The summed E-state index contributed by atoms with van der Waals surface area (Å²) in [7, 11) is -3.55. The van der Waals surface area contributed by atoms with Gasteiger partial charge in [-0.2, -0.15) is 0 Å². The fraction of sp³-hybridized carbons (Fsp3) is 0.500. The molecule has 0 unspecified atom stereocenters. The Hall–Kier alpha value is -1.14. The van der Waals surface area contributed by atoms with Gasteiger partial charge in [0.2, 0.25) is 0 Å². The lowest BCUT2D eigenvalue weighted by molar-refractivity contribution is 0.123. The van der Waals surface area contributed by atoms with Gasteiger partial charge in [0.25, 0.3) is 0 Å². The maximum Gasteiger partial charge on any atom is 0.180 e. The highest BCUT2D eigenvalue weighted by Gasteiger charge is 2.16. The van der Waals surface area contributed by atoms with Crippen LogP contribution in [0.25, 0.3) is 0 Å². The Labute approximate surface area is 107 Å². The number of rotatable bonds is 6. The van der Waals surface area contributed by atoms with E-state index in [1.807, 2.05) is 13.8 Å². The monoisotopic (exact) mass is 275 g/mol. The molecule has 1 aromatic carbocycles. The topological polar surface area (TPSA) is 69.4 Å². The van der Waals surface area contributed by atoms with Crippen molar-refractivity contribution in [1.29, 1.82) is 0 Å². The van der Waals surface area contributed by atoms with Gasteiger partial charge in [0.05, 0.1) is 17.3 Å². The molecular weight excluding hydrogens is 257 g/mol. The molecule has 0 bridgehead atoms. The zero-order valence-electron chi connectivity index (χ0n) is 10.5. The van der Waals surface area contributed by atoms with Gasteiger partial charge >= 0.3 is 0 Å². The van der Waals surface area contributed by atoms with Crippen molar-refractivity contribution in [1.82, 2.24) is 0 Å². The number of anilines is 1. The Bertz CT molecular complexity index is 480. The predicted octanol–water partition coefficient (Wildman–Crippen LogP) is 1.85. The summed E-state index contributed by atoms with van der Waals surface area (Å²) in [6, 6.07) is 3.29. The third kappa shape index (κ3) is 4.62. The van der Waals surface area contributed by atoms with Gasteiger partial charge in [-0.05, 0) is 24.1 Å². The standard InChI is InChI=1S/C12H18FNO3S/c1-9(2)8-17-3-4-18(15,16)12-6-10(13)5-11(14)7-12/h5-7,9H,3-4,8,14H2,1-2H3. The van der Waals surface area contributed by atoms with Crippen molar-refractivity contribution in [2.24, 2.45) is 5.92 Å². The number of nitrogen functional groups attached to an aromatic ring is 1. The molecule has 0 aromatic heterocycles. The van der Waals surface area contributed by atoms with E-state index in [1.54, 1.807) is 0 Å². The first-order valence-corrected chi connectivity index (χ1v) is 7.33. The zero-order chi connectivity index (χ0) is 13.8. The minimum Gasteiger partial charge on any atom is -0.399 e. The van der Waals surface area contributed by atoms with Gasteiger partial charge in [-0.3, -0.25) is 0 Å². The average Bonchev–Trinajstić information content (AvgIpc) is 2.23. The first-order chi connectivity index (χ1) is 8.31. The van der Waals surface area contributed by atoms with Crippen LogP contribution in [0, 0.1) is 11.7 Å². The SMILES string of the molecule is CC(C)COCCS(=O)(=O)c1cc(N)cc(F)c1. The minimum atomic E-state index is -3.55. The van der Waals surface area contributed by atoms with Gasteiger partial charge in [-0.25, -0.2) is 12.8 Å². The predicted molar refractivity (Wildman–Crippen MR) is 68.5 cm³/mol. The van der Waals surface area contributed by atoms with Gasteiger partial charge < -0.3 is 10.5 Å². The van der Waals surface area contributed by atoms with Crippen LogP contribution in [0.1, 0.15) is 13.8 Å². The van der Waals surface area contributed by atoms with Gasteiger partial charge in [-0.15, -0.1) is 0 Å². The van der Waals surface area contributed by atoms with E-state index in [-0.39, 0.29) is 22.9 Å². The van der Waals surface area contributed by atoms with Crippen LogP contribution in [0.15, 0.2) is 23.1 Å². The molecule has 1 rings (SSSR count). The molecule has 0 saturated carbocycles. The number of hydrogen-bond donors (Lipinski definition) is 1. The molecule has 0 amide bonds. The average molecular weight is 275 g/mol. The zero-order valence-corrected chi connectivity index (χ0v) is 11.3. The summed E-state index contributed by atoms with van der Waals surface area (Å²) in [6.45, 7) is 4.54. The molecule has 18 heavy (non-hydrogen) atoms. The Balaban J connectivity index is 2.68. The van der Waals surface area contributed by atoms with E-state index in [2.05, 4.69) is 0 Å². The highest BCUT2D eigenvalue weighted by Crippen LogP contribution is 2.17. The van der Waals surface area contributed by atoms with E-state index < -0.39 is 15.7 Å². The summed E-state index contributed by atoms with van der Waals surface area (Å²) in [5.74, 6) is -0.489. The molecule has 0 atom stereocenters. The normalized spacial score (nSPS) is 12.0. The van der Waals surface area contributed by atoms with Crippen molar-refractivity contribution in [2.45, 2.75) is 18.7 Å². The van der Waals surface area contributed by atoms with E-state index >= 15 is 0 Å². The lowest BCUT2D eigenvalue weighted by Crippen LogP contribution is -2.15. The first-order valence-electron chi connectivity index (χ1n) is 5.68. The van der Waals surface area contributed by atoms with E-state index in [9.17, 15) is 12.8 Å². The third-order valence-corrected chi connectivity index (χ3v) is 3.86. The molecule has 102 valence electrons. The number of hydrogen-bond acceptors (Lipinski definition) is 4. The van der Waals surface area contributed by atoms with Crippen molar-refractivity contribution >= 4 is 15.5 Å². The van der Waals surface area contributed by atoms with Crippen LogP contribution >= 0.6 is 0 Å². The van der Waals surface area contributed by atoms with Gasteiger partial charge in [0.1, 0.15) is 5.82 Å². The van der Waals surface area contributed by atoms with Crippen LogP contribution < -0.4 is 5.73 Å². The van der Waals surface area contributed by atoms with Gasteiger partial charge in [0.15, 0.2) is 9.84 Å². The molecule has 1 aromatic rings. The second kappa shape index (κ2) is 6.15. The molecule has 0 aliphatic carbocycles. The highest BCUT2D eigenvalue weighted by molar-refractivity contribution is 7.91. The molecule has 0 aliphatic heterocycles. The molecule has 4 nitrogen and oxygen atoms in total. The lowest BCUT2D eigenvalue weighted by Gasteiger charge is -2.08. The number of halogens is 1. The molecule has 6 heteroatoms. The number of ether oxygens (including phenoxy) is 1. The summed E-state index contributed by atoms with van der Waals surface area (Å²) in [4.78, 5) is -0.104. The molecule has 2 N–H and O–H groups in total. The molecule has 0 aliphatic rings. The molecule has 0 heterocycles. The largest absolute Gasteiger partial charge is 0.399 e. The second-order valence-electron chi connectivity index (χ2n) is 4.51. The van der Waals surface area contributed by atoms with Crippen molar-refractivity contribution in [2.75, 3.05) is 24.7 Å². The van der Waals surface area contributed by atoms with Crippen molar-refractivity contribution in [3.8, 4) is 0 Å². The molecule has 0 fully saturated rings. The fourth-order valence-electron chi connectivity index (χ4n) is 1.37. The molecule has 0 spiro atoms. The Morgan fingerprint density at radius 1 is 1.33 bits per heavy atom. The highest BCUT2D eigenvalue weighted by atomic mass is 32.2. The number of benzene rings is 1. The maximum absolute atomic E-state index is 13.1. The van der Waals surface area contributed by atoms with Gasteiger partial charge in [-0.1, -0.05) is 13.8 Å². The fourth-order valence-corrected chi connectivity index (χ4v) is 2.55. The van der Waals surface area contributed by atoms with Gasteiger partial charge in [0, 0.05) is 12.3 Å². The summed E-state index contributed by atoms with van der Waals surface area (Å²) in [6.07, 6.45) is 0. The van der Waals surface area contributed by atoms with Crippen LogP contribution in [-0.2, 0) is 14.6 Å². The summed E-state index contributed by atoms with van der Waals surface area (Å²) < 4.78 is 42.0. The Morgan fingerprint density at radius 2 is 2.00 bits per heavy atom. The summed E-state index contributed by atoms with van der Waals surface area (Å²) in [5, 5.41) is 0. The van der Waals surface area contributed by atoms with Crippen LogP contribution in [-0.4, -0.2) is 27.4 Å². The van der Waals surface area contributed by atoms with E-state index in [1.165, 1.54) is 6.07 Å². The summed E-state index contributed by atoms with van der Waals surface area (Å²) >= 11 is 0. The smallest absolute Gasteiger partial charge is 0.180 e. The second-order valence-corrected chi connectivity index (χ2v) is 6.62. The Kier molecular flexibility index (Phi) is 5.10. The Morgan fingerprint density at radius 3 is 2.56 bits per heavy atom. The van der Waals surface area contributed by atoms with E-state index in [0.717, 1.165) is 12.1 Å². The lowest BCUT2D eigenvalue weighted by atomic mass is 10.2. The quantitative estimate of drug-likeness (QED) is 0.635. The minimum absolute atomic E-state index is 0.0941. The van der Waals surface area contributed by atoms with E-state index in [0.29, 0.717) is 12.5 Å². The molecular formula is C12H18FNO3S. The van der Waals surface area contributed by atoms with Crippen LogP contribution in [0.3, 0.4) is 0 Å². The van der Waals surface area contributed by atoms with Crippen molar-refractivity contribution < 1.29 is 17.5 Å². The molecule has 0 radical (unpaired) electrons. The third-order valence-electron chi connectivity index (χ3n) is 2.20. The van der Waals surface area contributed by atoms with Crippen molar-refractivity contribution in [3.63, 3.8) is 0 Å². The number of nitrogens with two attached hydrogens (primary N) is 1. The van der Waals surface area contributed by atoms with Crippen LogP contribution in [0.4, 0.5) is 10.1 Å². The van der Waals surface area contributed by atoms with E-state index in [4.69, 9.17) is 10.5 Å². The van der Waals surface area contributed by atoms with Crippen molar-refractivity contribution in [3.05, 3.63) is 24.0 Å². The first kappa shape index (κ1) is 14.9. The summed E-state index contributed by atoms with van der Waals surface area (Å²) in [5.41, 5.74) is 5.51. The van der Waals surface area contributed by atoms with Crippen LogP contribution in [0.5, 0.6) is 0 Å².